The Hall–Kier alpha value is -2.49. The molecular formula is C22H28N2O2. The van der Waals surface area contributed by atoms with Gasteiger partial charge in [-0.1, -0.05) is 48.9 Å². The standard InChI is InChI=1S/C16H22N2O2.C6H6/c1-11-6-7-15(20-2)14(8-11)17-16(19)18-9-12-4-3-5-13(12)10-18;1-2-4-6-5-3-1/h6-8,12-13H,3-5,9-10H2,1-2H3,(H,17,19);1-6H/t12-,13+;. The van der Waals surface area contributed by atoms with Gasteiger partial charge in [-0.3, -0.25) is 0 Å². The number of hydrogen-bond donors (Lipinski definition) is 1. The summed E-state index contributed by atoms with van der Waals surface area (Å²) in [6, 6.07) is 17.8. The minimum absolute atomic E-state index is 0.00306. The van der Waals surface area contributed by atoms with Crippen LogP contribution in [0.1, 0.15) is 24.8 Å². The van der Waals surface area contributed by atoms with E-state index in [9.17, 15) is 4.79 Å². The molecule has 2 atom stereocenters. The minimum atomic E-state index is 0.00306. The molecule has 2 fully saturated rings. The maximum Gasteiger partial charge on any atom is 0.321 e. The molecule has 0 radical (unpaired) electrons. The predicted molar refractivity (Wildman–Crippen MR) is 106 cm³/mol. The summed E-state index contributed by atoms with van der Waals surface area (Å²) in [5.74, 6) is 2.16. The number of carbonyl (C=O) groups excluding carboxylic acids is 1. The summed E-state index contributed by atoms with van der Waals surface area (Å²) >= 11 is 0. The van der Waals surface area contributed by atoms with Crippen molar-refractivity contribution < 1.29 is 9.53 Å². The smallest absolute Gasteiger partial charge is 0.321 e. The van der Waals surface area contributed by atoms with Crippen LogP contribution in [0.15, 0.2) is 54.6 Å². The Morgan fingerprint density at radius 1 is 1.04 bits per heavy atom. The van der Waals surface area contributed by atoms with E-state index in [1.54, 1.807) is 7.11 Å². The Labute approximate surface area is 156 Å². The highest BCUT2D eigenvalue weighted by Gasteiger charge is 2.38. The lowest BCUT2D eigenvalue weighted by Crippen LogP contribution is -2.33. The molecule has 1 N–H and O–H groups in total. The van der Waals surface area contributed by atoms with Crippen molar-refractivity contribution in [3.63, 3.8) is 0 Å². The van der Waals surface area contributed by atoms with E-state index in [1.807, 2.05) is 66.4 Å². The molecule has 2 aromatic rings. The molecule has 4 rings (SSSR count). The van der Waals surface area contributed by atoms with Crippen LogP contribution >= 0.6 is 0 Å². The lowest BCUT2D eigenvalue weighted by molar-refractivity contribution is 0.218. The molecule has 1 saturated carbocycles. The quantitative estimate of drug-likeness (QED) is 0.830. The van der Waals surface area contributed by atoms with Crippen LogP contribution in [0.5, 0.6) is 5.75 Å². The number of rotatable bonds is 2. The molecule has 2 aromatic carbocycles. The fraction of sp³-hybridized carbons (Fsp3) is 0.409. The van der Waals surface area contributed by atoms with Crippen molar-refractivity contribution in [1.82, 2.24) is 4.90 Å². The maximum atomic E-state index is 12.4. The average molecular weight is 352 g/mol. The fourth-order valence-electron chi connectivity index (χ4n) is 3.90. The molecule has 0 aromatic heterocycles. The zero-order valence-corrected chi connectivity index (χ0v) is 15.7. The normalized spacial score (nSPS) is 20.8. The number of anilines is 1. The minimum Gasteiger partial charge on any atom is -0.495 e. The first-order valence-corrected chi connectivity index (χ1v) is 9.38. The molecule has 0 spiro atoms. The molecular weight excluding hydrogens is 324 g/mol. The predicted octanol–water partition coefficient (Wildman–Crippen LogP) is 4.95. The zero-order valence-electron chi connectivity index (χ0n) is 15.7. The SMILES string of the molecule is COc1ccc(C)cc1NC(=O)N1C[C@H]2CCC[C@H]2C1.c1ccccc1. The molecule has 1 aliphatic heterocycles. The monoisotopic (exact) mass is 352 g/mol. The van der Waals surface area contributed by atoms with Crippen molar-refractivity contribution in [3.8, 4) is 5.75 Å². The number of ether oxygens (including phenoxy) is 1. The van der Waals surface area contributed by atoms with Gasteiger partial charge >= 0.3 is 6.03 Å². The van der Waals surface area contributed by atoms with E-state index in [1.165, 1.54) is 19.3 Å². The van der Waals surface area contributed by atoms with Gasteiger partial charge in [0, 0.05) is 13.1 Å². The first kappa shape index (κ1) is 18.3. The molecule has 1 aliphatic carbocycles. The third kappa shape index (κ3) is 4.57. The topological polar surface area (TPSA) is 41.6 Å². The maximum absolute atomic E-state index is 12.4. The summed E-state index contributed by atoms with van der Waals surface area (Å²) in [7, 11) is 1.63. The first-order chi connectivity index (χ1) is 12.7. The highest BCUT2D eigenvalue weighted by molar-refractivity contribution is 5.91. The average Bonchev–Trinajstić information content (AvgIpc) is 3.26. The summed E-state index contributed by atoms with van der Waals surface area (Å²) in [5.41, 5.74) is 1.87. The van der Waals surface area contributed by atoms with Crippen LogP contribution in [0.4, 0.5) is 10.5 Å². The van der Waals surface area contributed by atoms with Gasteiger partial charge in [-0.25, -0.2) is 4.79 Å². The van der Waals surface area contributed by atoms with E-state index < -0.39 is 0 Å². The Kier molecular flexibility index (Phi) is 6.16. The van der Waals surface area contributed by atoms with E-state index in [4.69, 9.17) is 4.74 Å². The van der Waals surface area contributed by atoms with Gasteiger partial charge in [-0.15, -0.1) is 0 Å². The Morgan fingerprint density at radius 3 is 2.15 bits per heavy atom. The molecule has 4 nitrogen and oxygen atoms in total. The Bertz CT molecular complexity index is 679. The van der Waals surface area contributed by atoms with Crippen LogP contribution in [-0.4, -0.2) is 31.1 Å². The number of likely N-dealkylation sites (tertiary alicyclic amines) is 1. The fourth-order valence-corrected chi connectivity index (χ4v) is 3.90. The van der Waals surface area contributed by atoms with Gasteiger partial charge in [-0.2, -0.15) is 0 Å². The Morgan fingerprint density at radius 2 is 1.62 bits per heavy atom. The molecule has 0 bridgehead atoms. The highest BCUT2D eigenvalue weighted by atomic mass is 16.5. The van der Waals surface area contributed by atoms with Crippen molar-refractivity contribution in [3.05, 3.63) is 60.2 Å². The largest absolute Gasteiger partial charge is 0.495 e. The van der Waals surface area contributed by atoms with E-state index in [-0.39, 0.29) is 6.03 Å². The van der Waals surface area contributed by atoms with Crippen LogP contribution in [0.25, 0.3) is 0 Å². The van der Waals surface area contributed by atoms with E-state index in [0.717, 1.165) is 36.2 Å². The first-order valence-electron chi connectivity index (χ1n) is 9.38. The second-order valence-electron chi connectivity index (χ2n) is 7.14. The van der Waals surface area contributed by atoms with Gasteiger partial charge in [-0.05, 0) is 49.3 Å². The number of aryl methyl sites for hydroxylation is 1. The molecule has 4 heteroatoms. The molecule has 0 unspecified atom stereocenters. The number of benzene rings is 2. The highest BCUT2D eigenvalue weighted by Crippen LogP contribution is 2.38. The lowest BCUT2D eigenvalue weighted by Gasteiger charge is -2.19. The third-order valence-electron chi connectivity index (χ3n) is 5.28. The van der Waals surface area contributed by atoms with Crippen LogP contribution in [-0.2, 0) is 0 Å². The van der Waals surface area contributed by atoms with Crippen LogP contribution in [0.3, 0.4) is 0 Å². The molecule has 2 aliphatic rings. The van der Waals surface area contributed by atoms with Gasteiger partial charge in [0.25, 0.3) is 0 Å². The second-order valence-corrected chi connectivity index (χ2v) is 7.14. The molecule has 1 saturated heterocycles. The van der Waals surface area contributed by atoms with E-state index in [2.05, 4.69) is 5.32 Å². The number of carbonyl (C=O) groups is 1. The number of urea groups is 1. The Balaban J connectivity index is 0.000000278. The van der Waals surface area contributed by atoms with E-state index in [0.29, 0.717) is 5.75 Å². The van der Waals surface area contributed by atoms with Crippen molar-refractivity contribution in [1.29, 1.82) is 0 Å². The van der Waals surface area contributed by atoms with Crippen LogP contribution in [0, 0.1) is 18.8 Å². The molecule has 1 heterocycles. The summed E-state index contributed by atoms with van der Waals surface area (Å²) in [4.78, 5) is 14.3. The van der Waals surface area contributed by atoms with Crippen molar-refractivity contribution >= 4 is 11.7 Å². The van der Waals surface area contributed by atoms with E-state index >= 15 is 0 Å². The van der Waals surface area contributed by atoms with Gasteiger partial charge < -0.3 is 15.0 Å². The zero-order chi connectivity index (χ0) is 18.4. The summed E-state index contributed by atoms with van der Waals surface area (Å²) in [6.45, 7) is 3.82. The number of nitrogens with zero attached hydrogens (tertiary/aromatic N) is 1. The van der Waals surface area contributed by atoms with Crippen LogP contribution in [0.2, 0.25) is 0 Å². The van der Waals surface area contributed by atoms with Crippen molar-refractivity contribution in [2.24, 2.45) is 11.8 Å². The second kappa shape index (κ2) is 8.75. The number of amides is 2. The summed E-state index contributed by atoms with van der Waals surface area (Å²) < 4.78 is 5.31. The number of methoxy groups -OCH3 is 1. The van der Waals surface area contributed by atoms with Crippen molar-refractivity contribution in [2.75, 3.05) is 25.5 Å². The summed E-state index contributed by atoms with van der Waals surface area (Å²) in [5, 5.41) is 3.00. The summed E-state index contributed by atoms with van der Waals surface area (Å²) in [6.07, 6.45) is 3.89. The van der Waals surface area contributed by atoms with Crippen LogP contribution < -0.4 is 10.1 Å². The van der Waals surface area contributed by atoms with Gasteiger partial charge in [0.15, 0.2) is 0 Å². The molecule has 26 heavy (non-hydrogen) atoms. The number of nitrogens with one attached hydrogen (secondary N) is 1. The molecule has 138 valence electrons. The number of fused-ring (bicyclic) bond motifs is 1. The number of hydrogen-bond acceptors (Lipinski definition) is 2. The molecule has 2 amide bonds. The van der Waals surface area contributed by atoms with Gasteiger partial charge in [0.2, 0.25) is 0 Å². The third-order valence-corrected chi connectivity index (χ3v) is 5.28. The van der Waals surface area contributed by atoms with Gasteiger partial charge in [0.05, 0.1) is 12.8 Å². The lowest BCUT2D eigenvalue weighted by atomic mass is 10.0. The van der Waals surface area contributed by atoms with Crippen molar-refractivity contribution in [2.45, 2.75) is 26.2 Å². The van der Waals surface area contributed by atoms with Gasteiger partial charge in [0.1, 0.15) is 5.75 Å².